The molecule has 1 fully saturated rings. The van der Waals surface area contributed by atoms with Crippen molar-refractivity contribution in [1.29, 1.82) is 0 Å². The molecule has 0 spiro atoms. The molecule has 1 aliphatic carbocycles. The number of nitrogens with two attached hydrogens (primary N) is 1. The lowest BCUT2D eigenvalue weighted by Crippen LogP contribution is -2.27. The minimum atomic E-state index is -3.55. The van der Waals surface area contributed by atoms with Crippen LogP contribution in [0, 0.1) is 5.82 Å². The lowest BCUT2D eigenvalue weighted by Gasteiger charge is -2.09. The highest BCUT2D eigenvalue weighted by atomic mass is 32.2. The highest BCUT2D eigenvalue weighted by molar-refractivity contribution is 7.89. The van der Waals surface area contributed by atoms with Crippen molar-refractivity contribution >= 4 is 10.0 Å². The van der Waals surface area contributed by atoms with Crippen LogP contribution in [0.25, 0.3) is 0 Å². The molecule has 0 heterocycles. The van der Waals surface area contributed by atoms with Gasteiger partial charge in [-0.3, -0.25) is 0 Å². The lowest BCUT2D eigenvalue weighted by atomic mass is 10.2. The zero-order valence-electron chi connectivity index (χ0n) is 8.61. The molecule has 1 aliphatic rings. The van der Waals surface area contributed by atoms with E-state index in [9.17, 15) is 12.8 Å². The number of halogens is 1. The molecule has 0 atom stereocenters. The average Bonchev–Trinajstić information content (AvgIpc) is 3.00. The van der Waals surface area contributed by atoms with E-state index in [4.69, 9.17) is 5.73 Å². The summed E-state index contributed by atoms with van der Waals surface area (Å²) in [5, 5.41) is 0. The SMILES string of the molecule is NCc1cc(F)ccc1S(=O)(=O)NC1CC1. The highest BCUT2D eigenvalue weighted by Crippen LogP contribution is 2.23. The smallest absolute Gasteiger partial charge is 0.241 e. The number of benzene rings is 1. The molecule has 1 saturated carbocycles. The molecule has 0 bridgehead atoms. The molecule has 0 aromatic heterocycles. The van der Waals surface area contributed by atoms with Gasteiger partial charge in [0.2, 0.25) is 10.0 Å². The van der Waals surface area contributed by atoms with E-state index in [2.05, 4.69) is 4.72 Å². The van der Waals surface area contributed by atoms with E-state index in [1.807, 2.05) is 0 Å². The van der Waals surface area contributed by atoms with Gasteiger partial charge in [0.15, 0.2) is 0 Å². The van der Waals surface area contributed by atoms with Crippen LogP contribution in [0.3, 0.4) is 0 Å². The summed E-state index contributed by atoms with van der Waals surface area (Å²) in [5.74, 6) is -0.481. The second kappa shape index (κ2) is 4.12. The van der Waals surface area contributed by atoms with Gasteiger partial charge >= 0.3 is 0 Å². The second-order valence-electron chi connectivity index (χ2n) is 3.85. The maximum atomic E-state index is 12.9. The predicted octanol–water partition coefficient (Wildman–Crippen LogP) is 0.725. The Morgan fingerprint density at radius 1 is 1.44 bits per heavy atom. The van der Waals surface area contributed by atoms with Crippen molar-refractivity contribution in [2.24, 2.45) is 5.73 Å². The van der Waals surface area contributed by atoms with Gasteiger partial charge in [-0.2, -0.15) is 0 Å². The van der Waals surface area contributed by atoms with Gasteiger partial charge in [-0.1, -0.05) is 0 Å². The summed E-state index contributed by atoms with van der Waals surface area (Å²) in [7, 11) is -3.55. The van der Waals surface area contributed by atoms with Crippen LogP contribution in [0.2, 0.25) is 0 Å². The Kier molecular flexibility index (Phi) is 2.96. The van der Waals surface area contributed by atoms with Gasteiger partial charge in [0.05, 0.1) is 4.90 Å². The first-order valence-corrected chi connectivity index (χ1v) is 6.52. The van der Waals surface area contributed by atoms with Gasteiger partial charge in [-0.25, -0.2) is 17.5 Å². The maximum Gasteiger partial charge on any atom is 0.241 e. The Hall–Kier alpha value is -0.980. The number of nitrogens with one attached hydrogen (secondary N) is 1. The first-order chi connectivity index (χ1) is 7.53. The van der Waals surface area contributed by atoms with Crippen LogP contribution in [0.15, 0.2) is 23.1 Å². The molecule has 0 saturated heterocycles. The molecule has 2 rings (SSSR count). The molecule has 0 aliphatic heterocycles. The van der Waals surface area contributed by atoms with Crippen molar-refractivity contribution in [2.45, 2.75) is 30.3 Å². The molecule has 0 radical (unpaired) electrons. The fraction of sp³-hybridized carbons (Fsp3) is 0.400. The molecule has 6 heteroatoms. The summed E-state index contributed by atoms with van der Waals surface area (Å²) in [5.41, 5.74) is 5.70. The fourth-order valence-corrected chi connectivity index (χ4v) is 2.99. The third-order valence-corrected chi connectivity index (χ3v) is 4.05. The summed E-state index contributed by atoms with van der Waals surface area (Å²) in [6.45, 7) is -0.00132. The van der Waals surface area contributed by atoms with E-state index >= 15 is 0 Å². The average molecular weight is 244 g/mol. The van der Waals surface area contributed by atoms with Crippen LogP contribution >= 0.6 is 0 Å². The number of rotatable bonds is 4. The Morgan fingerprint density at radius 3 is 2.69 bits per heavy atom. The Balaban J connectivity index is 2.37. The maximum absolute atomic E-state index is 12.9. The summed E-state index contributed by atoms with van der Waals surface area (Å²) in [6.07, 6.45) is 1.72. The zero-order valence-corrected chi connectivity index (χ0v) is 9.43. The Morgan fingerprint density at radius 2 is 2.12 bits per heavy atom. The van der Waals surface area contributed by atoms with Crippen LogP contribution in [-0.2, 0) is 16.6 Å². The van der Waals surface area contributed by atoms with E-state index in [0.717, 1.165) is 25.0 Å². The van der Waals surface area contributed by atoms with Gasteiger partial charge in [-0.15, -0.1) is 0 Å². The largest absolute Gasteiger partial charge is 0.326 e. The van der Waals surface area contributed by atoms with Crippen molar-refractivity contribution in [1.82, 2.24) is 4.72 Å². The van der Waals surface area contributed by atoms with Gasteiger partial charge in [-0.05, 0) is 36.6 Å². The van der Waals surface area contributed by atoms with Gasteiger partial charge in [0.25, 0.3) is 0 Å². The first kappa shape index (κ1) is 11.5. The first-order valence-electron chi connectivity index (χ1n) is 5.04. The van der Waals surface area contributed by atoms with E-state index in [-0.39, 0.29) is 17.5 Å². The minimum absolute atomic E-state index is 0.00132. The highest BCUT2D eigenvalue weighted by Gasteiger charge is 2.29. The standard InChI is InChI=1S/C10H13FN2O2S/c11-8-1-4-10(7(5-8)6-12)16(14,15)13-9-2-3-9/h1,4-5,9,13H,2-3,6,12H2. The number of sulfonamides is 1. The van der Waals surface area contributed by atoms with Crippen LogP contribution < -0.4 is 10.5 Å². The molecule has 0 unspecified atom stereocenters. The van der Waals surface area contributed by atoms with Crippen molar-refractivity contribution in [2.75, 3.05) is 0 Å². The topological polar surface area (TPSA) is 72.2 Å². The second-order valence-corrected chi connectivity index (χ2v) is 5.53. The summed E-state index contributed by atoms with van der Waals surface area (Å²) >= 11 is 0. The Bertz CT molecular complexity index is 498. The van der Waals surface area contributed by atoms with E-state index in [1.54, 1.807) is 0 Å². The van der Waals surface area contributed by atoms with Crippen LogP contribution in [0.4, 0.5) is 4.39 Å². The van der Waals surface area contributed by atoms with E-state index < -0.39 is 15.8 Å². The molecule has 4 nitrogen and oxygen atoms in total. The van der Waals surface area contributed by atoms with Gasteiger partial charge in [0, 0.05) is 12.6 Å². The molecule has 1 aromatic rings. The third-order valence-electron chi connectivity index (χ3n) is 2.43. The van der Waals surface area contributed by atoms with Crippen molar-refractivity contribution in [3.8, 4) is 0 Å². The normalized spacial score (nSPS) is 16.4. The fourth-order valence-electron chi connectivity index (χ4n) is 1.45. The minimum Gasteiger partial charge on any atom is -0.326 e. The monoisotopic (exact) mass is 244 g/mol. The summed E-state index contributed by atoms with van der Waals surface area (Å²) in [6, 6.07) is 3.56. The molecule has 1 aromatic carbocycles. The summed E-state index contributed by atoms with van der Waals surface area (Å²) in [4.78, 5) is 0.0725. The van der Waals surface area contributed by atoms with Crippen molar-refractivity contribution < 1.29 is 12.8 Å². The predicted molar refractivity (Wildman–Crippen MR) is 57.6 cm³/mol. The van der Waals surface area contributed by atoms with Gasteiger partial charge < -0.3 is 5.73 Å². The summed E-state index contributed by atoms with van der Waals surface area (Å²) < 4.78 is 39.2. The molecule has 0 amide bonds. The quantitative estimate of drug-likeness (QED) is 0.820. The van der Waals surface area contributed by atoms with Crippen molar-refractivity contribution in [3.63, 3.8) is 0 Å². The molecule has 3 N–H and O–H groups in total. The zero-order chi connectivity index (χ0) is 11.8. The van der Waals surface area contributed by atoms with E-state index in [0.29, 0.717) is 5.56 Å². The number of hydrogen-bond donors (Lipinski definition) is 2. The molecule has 88 valence electrons. The Labute approximate surface area is 93.7 Å². The van der Waals surface area contributed by atoms with Crippen LogP contribution in [-0.4, -0.2) is 14.5 Å². The molecular formula is C10H13FN2O2S. The number of hydrogen-bond acceptors (Lipinski definition) is 3. The third kappa shape index (κ3) is 2.40. The van der Waals surface area contributed by atoms with Crippen LogP contribution in [0.5, 0.6) is 0 Å². The molecule has 16 heavy (non-hydrogen) atoms. The molecular weight excluding hydrogens is 231 g/mol. The van der Waals surface area contributed by atoms with Gasteiger partial charge in [0.1, 0.15) is 5.82 Å². The lowest BCUT2D eigenvalue weighted by molar-refractivity contribution is 0.578. The van der Waals surface area contributed by atoms with Crippen molar-refractivity contribution in [3.05, 3.63) is 29.6 Å². The van der Waals surface area contributed by atoms with Crippen LogP contribution in [0.1, 0.15) is 18.4 Å². The van der Waals surface area contributed by atoms with E-state index in [1.165, 1.54) is 6.07 Å².